The van der Waals surface area contributed by atoms with Crippen molar-refractivity contribution in [1.29, 1.82) is 0 Å². The second-order valence-corrected chi connectivity index (χ2v) is 4.82. The highest BCUT2D eigenvalue weighted by Crippen LogP contribution is 2.14. The highest BCUT2D eigenvalue weighted by atomic mass is 32.1. The molecule has 0 aliphatic carbocycles. The van der Waals surface area contributed by atoms with E-state index in [1.807, 2.05) is 6.92 Å². The Morgan fingerprint density at radius 3 is 3.00 bits per heavy atom. The third kappa shape index (κ3) is 4.58. The van der Waals surface area contributed by atoms with E-state index in [2.05, 4.69) is 24.1 Å². The number of hydrogen-bond donors (Lipinski definition) is 1. The van der Waals surface area contributed by atoms with E-state index in [0.717, 1.165) is 31.3 Å². The molecule has 1 nitrogen and oxygen atoms in total. The quantitative estimate of drug-likeness (QED) is 0.713. The van der Waals surface area contributed by atoms with E-state index >= 15 is 0 Å². The number of thiophene rings is 1. The van der Waals surface area contributed by atoms with Crippen LogP contribution in [0.25, 0.3) is 0 Å². The van der Waals surface area contributed by atoms with E-state index in [1.165, 1.54) is 4.88 Å². The van der Waals surface area contributed by atoms with Crippen LogP contribution in [0.3, 0.4) is 0 Å². The van der Waals surface area contributed by atoms with Crippen LogP contribution in [0.15, 0.2) is 29.7 Å². The zero-order chi connectivity index (χ0) is 10.4. The van der Waals surface area contributed by atoms with Crippen molar-refractivity contribution in [1.82, 2.24) is 0 Å². The maximum absolute atomic E-state index is 9.59. The lowest BCUT2D eigenvalue weighted by Gasteiger charge is -2.09. The van der Waals surface area contributed by atoms with E-state index in [1.54, 1.807) is 11.3 Å². The number of aliphatic hydroxyl groups is 1. The van der Waals surface area contributed by atoms with Crippen LogP contribution in [-0.4, -0.2) is 11.2 Å². The van der Waals surface area contributed by atoms with Crippen molar-refractivity contribution in [3.63, 3.8) is 0 Å². The first-order valence-electron chi connectivity index (χ1n) is 5.03. The average molecular weight is 210 g/mol. The molecular formula is C12H18OS. The fraction of sp³-hybridized carbons (Fsp3) is 0.500. The molecule has 0 fully saturated rings. The molecule has 0 aliphatic heterocycles. The lowest BCUT2D eigenvalue weighted by atomic mass is 10.1. The molecular weight excluding hydrogens is 192 g/mol. The summed E-state index contributed by atoms with van der Waals surface area (Å²) in [6.45, 7) is 5.76. The van der Waals surface area contributed by atoms with E-state index in [4.69, 9.17) is 0 Å². The van der Waals surface area contributed by atoms with E-state index < -0.39 is 0 Å². The third-order valence-electron chi connectivity index (χ3n) is 2.12. The molecule has 0 bridgehead atoms. The van der Waals surface area contributed by atoms with Gasteiger partial charge in [0.05, 0.1) is 6.10 Å². The van der Waals surface area contributed by atoms with Gasteiger partial charge in [0.2, 0.25) is 0 Å². The van der Waals surface area contributed by atoms with Crippen molar-refractivity contribution in [2.75, 3.05) is 0 Å². The predicted molar refractivity (Wildman–Crippen MR) is 62.7 cm³/mol. The molecule has 1 unspecified atom stereocenters. The molecule has 78 valence electrons. The Labute approximate surface area is 90.1 Å². The summed E-state index contributed by atoms with van der Waals surface area (Å²) in [6.07, 6.45) is 3.57. The minimum atomic E-state index is -0.201. The Balaban J connectivity index is 2.12. The van der Waals surface area contributed by atoms with Crippen molar-refractivity contribution in [3.05, 3.63) is 34.5 Å². The molecule has 0 amide bonds. The standard InChI is InChI=1S/C12H18OS/c1-10(2)9-11(13)5-3-6-12-7-4-8-14-12/h4,7-8,11,13H,1,3,5-6,9H2,2H3. The topological polar surface area (TPSA) is 20.2 Å². The van der Waals surface area contributed by atoms with Gasteiger partial charge in [-0.15, -0.1) is 17.9 Å². The van der Waals surface area contributed by atoms with Crippen molar-refractivity contribution >= 4 is 11.3 Å². The Morgan fingerprint density at radius 2 is 2.43 bits per heavy atom. The summed E-state index contributed by atoms with van der Waals surface area (Å²) in [5, 5.41) is 11.7. The summed E-state index contributed by atoms with van der Waals surface area (Å²) >= 11 is 1.79. The minimum absolute atomic E-state index is 0.201. The molecule has 1 aromatic heterocycles. The second kappa shape index (κ2) is 5.99. The number of aliphatic hydroxyl groups excluding tert-OH is 1. The summed E-state index contributed by atoms with van der Waals surface area (Å²) in [4.78, 5) is 1.41. The van der Waals surface area contributed by atoms with Crippen LogP contribution in [0.5, 0.6) is 0 Å². The first-order valence-corrected chi connectivity index (χ1v) is 5.91. The Morgan fingerprint density at radius 1 is 1.64 bits per heavy atom. The van der Waals surface area contributed by atoms with Crippen LogP contribution in [0, 0.1) is 0 Å². The molecule has 14 heavy (non-hydrogen) atoms. The molecule has 0 saturated carbocycles. The van der Waals surface area contributed by atoms with Crippen molar-refractivity contribution in [2.24, 2.45) is 0 Å². The van der Waals surface area contributed by atoms with Gasteiger partial charge in [-0.05, 0) is 44.1 Å². The highest BCUT2D eigenvalue weighted by molar-refractivity contribution is 7.09. The van der Waals surface area contributed by atoms with Crippen LogP contribution < -0.4 is 0 Å². The molecule has 0 spiro atoms. The van der Waals surface area contributed by atoms with Crippen molar-refractivity contribution < 1.29 is 5.11 Å². The molecule has 1 N–H and O–H groups in total. The summed E-state index contributed by atoms with van der Waals surface area (Å²) < 4.78 is 0. The van der Waals surface area contributed by atoms with Gasteiger partial charge in [0.1, 0.15) is 0 Å². The van der Waals surface area contributed by atoms with Gasteiger partial charge in [-0.2, -0.15) is 0 Å². The Hall–Kier alpha value is -0.600. The monoisotopic (exact) mass is 210 g/mol. The number of rotatable bonds is 6. The van der Waals surface area contributed by atoms with Crippen LogP contribution in [0.2, 0.25) is 0 Å². The lowest BCUT2D eigenvalue weighted by Crippen LogP contribution is -2.06. The molecule has 1 atom stereocenters. The van der Waals surface area contributed by atoms with Gasteiger partial charge in [0.15, 0.2) is 0 Å². The Bertz CT molecular complexity index is 264. The first-order chi connectivity index (χ1) is 6.68. The number of hydrogen-bond acceptors (Lipinski definition) is 2. The number of aryl methyl sites for hydroxylation is 1. The van der Waals surface area contributed by atoms with Gasteiger partial charge in [-0.3, -0.25) is 0 Å². The average Bonchev–Trinajstić information content (AvgIpc) is 2.55. The fourth-order valence-electron chi connectivity index (χ4n) is 1.47. The van der Waals surface area contributed by atoms with Crippen molar-refractivity contribution in [2.45, 2.75) is 38.7 Å². The zero-order valence-corrected chi connectivity index (χ0v) is 9.52. The maximum Gasteiger partial charge on any atom is 0.0577 e. The second-order valence-electron chi connectivity index (χ2n) is 3.79. The molecule has 1 heterocycles. The first kappa shape index (κ1) is 11.5. The van der Waals surface area contributed by atoms with E-state index in [9.17, 15) is 5.11 Å². The van der Waals surface area contributed by atoms with Gasteiger partial charge >= 0.3 is 0 Å². The largest absolute Gasteiger partial charge is 0.393 e. The van der Waals surface area contributed by atoms with E-state index in [0.29, 0.717) is 0 Å². The zero-order valence-electron chi connectivity index (χ0n) is 8.70. The van der Waals surface area contributed by atoms with Crippen LogP contribution >= 0.6 is 11.3 Å². The maximum atomic E-state index is 9.59. The Kier molecular flexibility index (Phi) is 4.91. The highest BCUT2D eigenvalue weighted by Gasteiger charge is 2.04. The molecule has 1 aromatic rings. The SMILES string of the molecule is C=C(C)CC(O)CCCc1cccs1. The van der Waals surface area contributed by atoms with Crippen LogP contribution in [0.4, 0.5) is 0 Å². The summed E-state index contributed by atoms with van der Waals surface area (Å²) in [5.74, 6) is 0. The van der Waals surface area contributed by atoms with Gasteiger partial charge in [0, 0.05) is 4.88 Å². The summed E-state index contributed by atoms with van der Waals surface area (Å²) in [7, 11) is 0. The molecule has 2 heteroatoms. The molecule has 0 aliphatic rings. The predicted octanol–water partition coefficient (Wildman–Crippen LogP) is 3.40. The fourth-order valence-corrected chi connectivity index (χ4v) is 2.22. The lowest BCUT2D eigenvalue weighted by molar-refractivity contribution is 0.162. The van der Waals surface area contributed by atoms with Gasteiger partial charge in [0.25, 0.3) is 0 Å². The third-order valence-corrected chi connectivity index (χ3v) is 3.06. The van der Waals surface area contributed by atoms with Gasteiger partial charge in [-0.25, -0.2) is 0 Å². The van der Waals surface area contributed by atoms with Gasteiger partial charge < -0.3 is 5.11 Å². The summed E-state index contributed by atoms with van der Waals surface area (Å²) in [6, 6.07) is 4.22. The molecule has 1 rings (SSSR count). The summed E-state index contributed by atoms with van der Waals surface area (Å²) in [5.41, 5.74) is 1.06. The van der Waals surface area contributed by atoms with E-state index in [-0.39, 0.29) is 6.10 Å². The molecule has 0 saturated heterocycles. The molecule has 0 radical (unpaired) electrons. The smallest absolute Gasteiger partial charge is 0.0577 e. The van der Waals surface area contributed by atoms with Crippen LogP contribution in [0.1, 0.15) is 31.1 Å². The van der Waals surface area contributed by atoms with Crippen LogP contribution in [-0.2, 0) is 6.42 Å². The van der Waals surface area contributed by atoms with Gasteiger partial charge in [-0.1, -0.05) is 11.6 Å². The van der Waals surface area contributed by atoms with Crippen molar-refractivity contribution in [3.8, 4) is 0 Å². The molecule has 0 aromatic carbocycles. The normalized spacial score (nSPS) is 12.7. The minimum Gasteiger partial charge on any atom is -0.393 e.